The van der Waals surface area contributed by atoms with Crippen molar-refractivity contribution in [3.8, 4) is 0 Å². The smallest absolute Gasteiger partial charge is 0.309 e. The molecule has 2 aliphatic carbocycles. The molecule has 144 valence electrons. The lowest BCUT2D eigenvalue weighted by Gasteiger charge is -2.30. The SMILES string of the molecule is C=C(OCCCCCC)[C@@H]1[C@@H]2CC[C@@H](C2)[C@@H]1C(=O)OCCCCCC. The van der Waals surface area contributed by atoms with Crippen molar-refractivity contribution in [2.45, 2.75) is 84.5 Å². The van der Waals surface area contributed by atoms with Crippen LogP contribution in [0.3, 0.4) is 0 Å². The second-order valence-electron chi connectivity index (χ2n) is 7.99. The standard InChI is InChI=1S/C22H38O3/c1-4-6-8-10-14-24-17(3)20-18-12-13-19(16-18)21(20)22(23)25-15-11-9-7-5-2/h18-21H,3-16H2,1-2H3/t18-,19+,20-,21+/m1/s1. The van der Waals surface area contributed by atoms with Gasteiger partial charge >= 0.3 is 5.97 Å². The van der Waals surface area contributed by atoms with E-state index in [1.54, 1.807) is 0 Å². The summed E-state index contributed by atoms with van der Waals surface area (Å²) in [5, 5.41) is 0. The van der Waals surface area contributed by atoms with Crippen molar-refractivity contribution in [1.29, 1.82) is 0 Å². The third kappa shape index (κ3) is 5.76. The van der Waals surface area contributed by atoms with Crippen molar-refractivity contribution in [2.75, 3.05) is 13.2 Å². The molecule has 0 saturated heterocycles. The predicted molar refractivity (Wildman–Crippen MR) is 102 cm³/mol. The number of ether oxygens (including phenoxy) is 2. The number of carbonyl (C=O) groups is 1. The number of hydrogen-bond acceptors (Lipinski definition) is 3. The fourth-order valence-corrected chi connectivity index (χ4v) is 4.72. The van der Waals surface area contributed by atoms with Crippen LogP contribution >= 0.6 is 0 Å². The fraction of sp³-hybridized carbons (Fsp3) is 0.864. The number of allylic oxidation sites excluding steroid dienone is 1. The van der Waals surface area contributed by atoms with Crippen molar-refractivity contribution in [2.24, 2.45) is 23.7 Å². The highest BCUT2D eigenvalue weighted by Gasteiger charge is 2.53. The third-order valence-corrected chi connectivity index (χ3v) is 6.09. The molecule has 0 N–H and O–H groups in total. The molecule has 0 aromatic heterocycles. The molecular weight excluding hydrogens is 312 g/mol. The molecule has 2 saturated carbocycles. The number of unbranched alkanes of at least 4 members (excludes halogenated alkanes) is 6. The first-order valence-electron chi connectivity index (χ1n) is 10.7. The Morgan fingerprint density at radius 3 is 2.00 bits per heavy atom. The topological polar surface area (TPSA) is 35.5 Å². The van der Waals surface area contributed by atoms with Gasteiger partial charge in [0.15, 0.2) is 0 Å². The molecule has 2 bridgehead atoms. The van der Waals surface area contributed by atoms with Crippen LogP contribution in [0.1, 0.15) is 84.5 Å². The Hall–Kier alpha value is -0.990. The molecule has 0 aromatic rings. The van der Waals surface area contributed by atoms with Crippen molar-refractivity contribution in [1.82, 2.24) is 0 Å². The molecule has 2 rings (SSSR count). The summed E-state index contributed by atoms with van der Waals surface area (Å²) < 4.78 is 11.6. The van der Waals surface area contributed by atoms with Gasteiger partial charge in [0.2, 0.25) is 0 Å². The van der Waals surface area contributed by atoms with E-state index in [0.717, 1.165) is 38.0 Å². The van der Waals surface area contributed by atoms with Gasteiger partial charge in [-0.1, -0.05) is 59.0 Å². The van der Waals surface area contributed by atoms with E-state index in [1.807, 2.05) is 0 Å². The summed E-state index contributed by atoms with van der Waals surface area (Å²) in [6, 6.07) is 0. The summed E-state index contributed by atoms with van der Waals surface area (Å²) in [5.74, 6) is 2.09. The quantitative estimate of drug-likeness (QED) is 0.236. The summed E-state index contributed by atoms with van der Waals surface area (Å²) in [6.45, 7) is 9.92. The van der Waals surface area contributed by atoms with Gasteiger partial charge in [-0.15, -0.1) is 0 Å². The fourth-order valence-electron chi connectivity index (χ4n) is 4.72. The van der Waals surface area contributed by atoms with Gasteiger partial charge in [0.05, 0.1) is 24.9 Å². The average molecular weight is 351 g/mol. The van der Waals surface area contributed by atoms with Crippen LogP contribution in [-0.4, -0.2) is 19.2 Å². The van der Waals surface area contributed by atoms with Gasteiger partial charge in [-0.3, -0.25) is 4.79 Å². The number of fused-ring (bicyclic) bond motifs is 2. The maximum Gasteiger partial charge on any atom is 0.309 e. The molecule has 0 amide bonds. The Bertz CT molecular complexity index is 379. The minimum Gasteiger partial charge on any atom is -0.498 e. The lowest BCUT2D eigenvalue weighted by Crippen LogP contribution is -2.33. The van der Waals surface area contributed by atoms with Crippen LogP contribution in [0.5, 0.6) is 0 Å². The number of carbonyl (C=O) groups excluding carboxylic acids is 1. The number of hydrogen-bond donors (Lipinski definition) is 0. The molecule has 3 nitrogen and oxygen atoms in total. The Morgan fingerprint density at radius 1 is 0.840 bits per heavy atom. The highest BCUT2D eigenvalue weighted by atomic mass is 16.5. The molecule has 0 unspecified atom stereocenters. The predicted octanol–water partition coefficient (Wildman–Crippen LogP) is 5.88. The number of esters is 1. The average Bonchev–Trinajstić information content (AvgIpc) is 3.22. The second-order valence-corrected chi connectivity index (χ2v) is 7.99. The van der Waals surface area contributed by atoms with Crippen LogP contribution in [0.2, 0.25) is 0 Å². The van der Waals surface area contributed by atoms with Gasteiger partial charge in [-0.2, -0.15) is 0 Å². The van der Waals surface area contributed by atoms with E-state index in [2.05, 4.69) is 20.4 Å². The molecule has 2 aliphatic rings. The molecule has 0 heterocycles. The molecule has 3 heteroatoms. The van der Waals surface area contributed by atoms with E-state index in [1.165, 1.54) is 44.9 Å². The normalized spacial score (nSPS) is 27.4. The molecule has 0 radical (unpaired) electrons. The van der Waals surface area contributed by atoms with Crippen molar-refractivity contribution < 1.29 is 14.3 Å². The summed E-state index contributed by atoms with van der Waals surface area (Å²) in [7, 11) is 0. The third-order valence-electron chi connectivity index (χ3n) is 6.09. The van der Waals surface area contributed by atoms with Crippen LogP contribution in [0.25, 0.3) is 0 Å². The monoisotopic (exact) mass is 350 g/mol. The minimum atomic E-state index is -0.00642. The van der Waals surface area contributed by atoms with E-state index in [-0.39, 0.29) is 17.8 Å². The van der Waals surface area contributed by atoms with E-state index in [0.29, 0.717) is 18.4 Å². The lowest BCUT2D eigenvalue weighted by atomic mass is 9.78. The lowest BCUT2D eigenvalue weighted by molar-refractivity contribution is -0.152. The second kappa shape index (κ2) is 10.9. The van der Waals surface area contributed by atoms with Gasteiger partial charge in [0.25, 0.3) is 0 Å². The van der Waals surface area contributed by atoms with Crippen molar-refractivity contribution >= 4 is 5.97 Å². The summed E-state index contributed by atoms with van der Waals surface area (Å²) in [5.41, 5.74) is 0. The first-order valence-corrected chi connectivity index (χ1v) is 10.7. The zero-order valence-electron chi connectivity index (χ0n) is 16.4. The zero-order valence-corrected chi connectivity index (χ0v) is 16.4. The molecular formula is C22H38O3. The Labute approximate surface area is 154 Å². The van der Waals surface area contributed by atoms with Gasteiger partial charge in [-0.05, 0) is 43.9 Å². The maximum absolute atomic E-state index is 12.7. The molecule has 2 fully saturated rings. The van der Waals surface area contributed by atoms with Crippen LogP contribution in [0, 0.1) is 23.7 Å². The Balaban J connectivity index is 1.79. The van der Waals surface area contributed by atoms with E-state index in [9.17, 15) is 4.79 Å². The minimum absolute atomic E-state index is 0.00410. The zero-order chi connectivity index (χ0) is 18.1. The van der Waals surface area contributed by atoms with Gasteiger partial charge in [0, 0.05) is 5.92 Å². The largest absolute Gasteiger partial charge is 0.498 e. The molecule has 0 aliphatic heterocycles. The van der Waals surface area contributed by atoms with Crippen LogP contribution in [0.4, 0.5) is 0 Å². The van der Waals surface area contributed by atoms with Crippen LogP contribution < -0.4 is 0 Å². The van der Waals surface area contributed by atoms with E-state index in [4.69, 9.17) is 9.47 Å². The first-order chi connectivity index (χ1) is 12.2. The number of rotatable bonds is 13. The Kier molecular flexibility index (Phi) is 8.84. The Morgan fingerprint density at radius 2 is 1.40 bits per heavy atom. The molecule has 0 spiro atoms. The highest BCUT2D eigenvalue weighted by Crippen LogP contribution is 2.55. The summed E-state index contributed by atoms with van der Waals surface area (Å²) >= 11 is 0. The van der Waals surface area contributed by atoms with Crippen molar-refractivity contribution in [3.05, 3.63) is 12.3 Å². The summed E-state index contributed by atoms with van der Waals surface area (Å²) in [4.78, 5) is 12.7. The molecule has 25 heavy (non-hydrogen) atoms. The van der Waals surface area contributed by atoms with Gasteiger partial charge < -0.3 is 9.47 Å². The van der Waals surface area contributed by atoms with Crippen LogP contribution in [-0.2, 0) is 14.3 Å². The van der Waals surface area contributed by atoms with E-state index >= 15 is 0 Å². The van der Waals surface area contributed by atoms with E-state index < -0.39 is 0 Å². The van der Waals surface area contributed by atoms with Crippen LogP contribution in [0.15, 0.2) is 12.3 Å². The van der Waals surface area contributed by atoms with Gasteiger partial charge in [-0.25, -0.2) is 0 Å². The first kappa shape index (κ1) is 20.3. The molecule has 0 aromatic carbocycles. The van der Waals surface area contributed by atoms with Crippen molar-refractivity contribution in [3.63, 3.8) is 0 Å². The highest BCUT2D eigenvalue weighted by molar-refractivity contribution is 5.74. The molecule has 4 atom stereocenters. The van der Waals surface area contributed by atoms with Gasteiger partial charge in [0.1, 0.15) is 0 Å². The maximum atomic E-state index is 12.7. The summed E-state index contributed by atoms with van der Waals surface area (Å²) in [6.07, 6.45) is 12.9.